The van der Waals surface area contributed by atoms with Crippen LogP contribution in [0.5, 0.6) is 0 Å². The van der Waals surface area contributed by atoms with Crippen molar-refractivity contribution >= 4 is 12.0 Å². The van der Waals surface area contributed by atoms with Gasteiger partial charge in [-0.25, -0.2) is 9.59 Å². The van der Waals surface area contributed by atoms with Gasteiger partial charge in [-0.2, -0.15) is 0 Å². The van der Waals surface area contributed by atoms with E-state index in [0.717, 1.165) is 19.3 Å². The van der Waals surface area contributed by atoms with Crippen molar-refractivity contribution in [3.63, 3.8) is 0 Å². The highest BCUT2D eigenvalue weighted by molar-refractivity contribution is 5.82. The van der Waals surface area contributed by atoms with Gasteiger partial charge in [-0.05, 0) is 19.3 Å². The van der Waals surface area contributed by atoms with E-state index in [-0.39, 0.29) is 12.1 Å². The van der Waals surface area contributed by atoms with Gasteiger partial charge in [0.1, 0.15) is 6.04 Å². The summed E-state index contributed by atoms with van der Waals surface area (Å²) < 4.78 is 0. The molecule has 1 saturated heterocycles. The second kappa shape index (κ2) is 6.44. The van der Waals surface area contributed by atoms with Crippen LogP contribution >= 0.6 is 0 Å². The zero-order valence-corrected chi connectivity index (χ0v) is 10.2. The van der Waals surface area contributed by atoms with E-state index in [1.165, 1.54) is 0 Å². The van der Waals surface area contributed by atoms with E-state index in [2.05, 4.69) is 5.32 Å². The van der Waals surface area contributed by atoms with Crippen molar-refractivity contribution in [2.45, 2.75) is 44.7 Å². The number of carbonyl (C=O) groups excluding carboxylic acids is 1. The van der Waals surface area contributed by atoms with Crippen molar-refractivity contribution in [1.82, 2.24) is 10.2 Å². The Morgan fingerprint density at radius 2 is 2.06 bits per heavy atom. The molecule has 4 N–H and O–H groups in total. The minimum absolute atomic E-state index is 0.157. The Balaban J connectivity index is 2.44. The first-order valence-corrected chi connectivity index (χ1v) is 6.08. The van der Waals surface area contributed by atoms with Gasteiger partial charge in [-0.1, -0.05) is 13.3 Å². The normalized spacial score (nSPS) is 18.8. The number of carbonyl (C=O) groups is 2. The number of hydrogen-bond donors (Lipinski definition) is 3. The average molecular weight is 243 g/mol. The Morgan fingerprint density at radius 3 is 2.53 bits per heavy atom. The Kier molecular flexibility index (Phi) is 5.21. The molecule has 2 amide bonds. The fourth-order valence-electron chi connectivity index (χ4n) is 1.89. The average Bonchev–Trinajstić information content (AvgIpc) is 2.29. The molecule has 0 aromatic rings. The molecule has 0 saturated carbocycles. The molecule has 0 aromatic carbocycles. The molecular weight excluding hydrogens is 222 g/mol. The largest absolute Gasteiger partial charge is 0.480 e. The molecule has 1 fully saturated rings. The zero-order chi connectivity index (χ0) is 12.8. The highest BCUT2D eigenvalue weighted by atomic mass is 16.4. The van der Waals surface area contributed by atoms with Crippen molar-refractivity contribution in [1.29, 1.82) is 0 Å². The Hall–Kier alpha value is -1.30. The molecule has 1 aliphatic heterocycles. The molecule has 1 rings (SSSR count). The predicted molar refractivity (Wildman–Crippen MR) is 63.6 cm³/mol. The molecule has 1 heterocycles. The molecule has 0 radical (unpaired) electrons. The van der Waals surface area contributed by atoms with Crippen LogP contribution in [0.4, 0.5) is 4.79 Å². The van der Waals surface area contributed by atoms with Gasteiger partial charge in [0.05, 0.1) is 0 Å². The maximum Gasteiger partial charge on any atom is 0.326 e. The summed E-state index contributed by atoms with van der Waals surface area (Å²) in [5.74, 6) is -0.978. The lowest BCUT2D eigenvalue weighted by atomic mass is 10.1. The van der Waals surface area contributed by atoms with Gasteiger partial charge in [0.25, 0.3) is 0 Å². The molecule has 6 nitrogen and oxygen atoms in total. The van der Waals surface area contributed by atoms with E-state index in [4.69, 9.17) is 10.8 Å². The van der Waals surface area contributed by atoms with Crippen LogP contribution in [0.25, 0.3) is 0 Å². The number of aliphatic carboxylic acids is 1. The van der Waals surface area contributed by atoms with Gasteiger partial charge >= 0.3 is 12.0 Å². The maximum atomic E-state index is 11.8. The summed E-state index contributed by atoms with van der Waals surface area (Å²) in [7, 11) is 0. The first-order valence-electron chi connectivity index (χ1n) is 6.08. The quantitative estimate of drug-likeness (QED) is 0.664. The monoisotopic (exact) mass is 243 g/mol. The highest BCUT2D eigenvalue weighted by Gasteiger charge is 2.24. The van der Waals surface area contributed by atoms with E-state index >= 15 is 0 Å². The number of amides is 2. The fraction of sp³-hybridized carbons (Fsp3) is 0.818. The molecule has 0 spiro atoms. The van der Waals surface area contributed by atoms with Gasteiger partial charge in [0, 0.05) is 19.1 Å². The van der Waals surface area contributed by atoms with Gasteiger partial charge in [0.2, 0.25) is 0 Å². The molecule has 1 atom stereocenters. The number of piperidine rings is 1. The van der Waals surface area contributed by atoms with Gasteiger partial charge < -0.3 is 21.1 Å². The van der Waals surface area contributed by atoms with E-state index in [0.29, 0.717) is 19.5 Å². The third kappa shape index (κ3) is 4.22. The van der Waals surface area contributed by atoms with Crippen LogP contribution in [-0.2, 0) is 4.79 Å². The lowest BCUT2D eigenvalue weighted by Crippen LogP contribution is -2.51. The molecular formula is C11H21N3O3. The Morgan fingerprint density at radius 1 is 1.47 bits per heavy atom. The number of nitrogens with zero attached hydrogens (tertiary/aromatic N) is 1. The lowest BCUT2D eigenvalue weighted by molar-refractivity contribution is -0.139. The topological polar surface area (TPSA) is 95.7 Å². The number of likely N-dealkylation sites (tertiary alicyclic amines) is 1. The van der Waals surface area contributed by atoms with Gasteiger partial charge in [-0.15, -0.1) is 0 Å². The van der Waals surface area contributed by atoms with Crippen molar-refractivity contribution < 1.29 is 14.7 Å². The number of rotatable bonds is 4. The number of carboxylic acid groups (broad SMARTS) is 1. The molecule has 17 heavy (non-hydrogen) atoms. The Bertz CT molecular complexity index is 275. The smallest absolute Gasteiger partial charge is 0.326 e. The summed E-state index contributed by atoms with van der Waals surface area (Å²) in [6.07, 6.45) is 2.73. The molecule has 1 unspecified atom stereocenters. The minimum Gasteiger partial charge on any atom is -0.480 e. The minimum atomic E-state index is -0.978. The first-order chi connectivity index (χ1) is 8.04. The Labute approximate surface area is 101 Å². The van der Waals surface area contributed by atoms with Crippen LogP contribution < -0.4 is 11.1 Å². The van der Waals surface area contributed by atoms with Crippen molar-refractivity contribution in [3.8, 4) is 0 Å². The van der Waals surface area contributed by atoms with Crippen LogP contribution in [0.15, 0.2) is 0 Å². The summed E-state index contributed by atoms with van der Waals surface area (Å²) in [5.41, 5.74) is 5.74. The SMILES string of the molecule is CCCC(NC(=O)N1CCC(N)CC1)C(=O)O. The molecule has 6 heteroatoms. The number of urea groups is 1. The van der Waals surface area contributed by atoms with E-state index in [1.54, 1.807) is 4.90 Å². The number of nitrogens with one attached hydrogen (secondary N) is 1. The number of carboxylic acids is 1. The summed E-state index contributed by atoms with van der Waals surface area (Å²) in [6.45, 7) is 3.10. The second-order valence-electron chi connectivity index (χ2n) is 4.45. The summed E-state index contributed by atoms with van der Waals surface area (Å²) in [6, 6.07) is -0.925. The van der Waals surface area contributed by atoms with Crippen LogP contribution in [0, 0.1) is 0 Å². The lowest BCUT2D eigenvalue weighted by Gasteiger charge is -2.31. The first kappa shape index (κ1) is 13.8. The predicted octanol–water partition coefficient (Wildman–Crippen LogP) is 0.372. The molecule has 1 aliphatic rings. The standard InChI is InChI=1S/C11H21N3O3/c1-2-3-9(10(15)16)13-11(17)14-6-4-8(12)5-7-14/h8-9H,2-7,12H2,1H3,(H,13,17)(H,15,16). The van der Waals surface area contributed by atoms with Crippen LogP contribution in [0.3, 0.4) is 0 Å². The highest BCUT2D eigenvalue weighted by Crippen LogP contribution is 2.08. The number of nitrogens with two attached hydrogens (primary N) is 1. The maximum absolute atomic E-state index is 11.8. The summed E-state index contributed by atoms with van der Waals surface area (Å²) in [4.78, 5) is 24.3. The third-order valence-corrected chi connectivity index (χ3v) is 3.00. The number of hydrogen-bond acceptors (Lipinski definition) is 3. The van der Waals surface area contributed by atoms with E-state index < -0.39 is 12.0 Å². The van der Waals surface area contributed by atoms with Gasteiger partial charge in [0.15, 0.2) is 0 Å². The van der Waals surface area contributed by atoms with Crippen molar-refractivity contribution in [3.05, 3.63) is 0 Å². The zero-order valence-electron chi connectivity index (χ0n) is 10.2. The molecule has 98 valence electrons. The van der Waals surface area contributed by atoms with Crippen LogP contribution in [-0.4, -0.2) is 47.2 Å². The molecule has 0 aromatic heterocycles. The van der Waals surface area contributed by atoms with Crippen molar-refractivity contribution in [2.24, 2.45) is 5.73 Å². The van der Waals surface area contributed by atoms with E-state index in [1.807, 2.05) is 6.92 Å². The summed E-state index contributed by atoms with van der Waals surface area (Å²) >= 11 is 0. The van der Waals surface area contributed by atoms with Crippen molar-refractivity contribution in [2.75, 3.05) is 13.1 Å². The van der Waals surface area contributed by atoms with Crippen LogP contribution in [0.1, 0.15) is 32.6 Å². The fourth-order valence-corrected chi connectivity index (χ4v) is 1.89. The third-order valence-electron chi connectivity index (χ3n) is 3.00. The molecule has 0 bridgehead atoms. The van der Waals surface area contributed by atoms with E-state index in [9.17, 15) is 9.59 Å². The summed E-state index contributed by atoms with van der Waals surface area (Å²) in [5, 5.41) is 11.5. The van der Waals surface area contributed by atoms with Gasteiger partial charge in [-0.3, -0.25) is 0 Å². The molecule has 0 aliphatic carbocycles. The second-order valence-corrected chi connectivity index (χ2v) is 4.45. The van der Waals surface area contributed by atoms with Crippen LogP contribution in [0.2, 0.25) is 0 Å².